The van der Waals surface area contributed by atoms with Gasteiger partial charge in [-0.25, -0.2) is 13.1 Å². The molecule has 0 bridgehead atoms. The second kappa shape index (κ2) is 8.49. The number of sulfonamides is 1. The molecule has 1 aromatic heterocycles. The summed E-state index contributed by atoms with van der Waals surface area (Å²) in [7, 11) is -3.26. The van der Waals surface area contributed by atoms with Crippen molar-refractivity contribution in [3.63, 3.8) is 0 Å². The Morgan fingerprint density at radius 1 is 1.17 bits per heavy atom. The largest absolute Gasteiger partial charge is 0.491 e. The summed E-state index contributed by atoms with van der Waals surface area (Å²) < 4.78 is 39.0. The van der Waals surface area contributed by atoms with Crippen LogP contribution in [0.4, 0.5) is 0 Å². The summed E-state index contributed by atoms with van der Waals surface area (Å²) in [4.78, 5) is 4.28. The van der Waals surface area contributed by atoms with E-state index in [2.05, 4.69) is 15.8 Å². The molecular weight excluding hydrogens is 390 g/mol. The molecule has 2 aromatic rings. The first-order valence-electron chi connectivity index (χ1n) is 9.77. The van der Waals surface area contributed by atoms with E-state index in [0.29, 0.717) is 17.9 Å². The van der Waals surface area contributed by atoms with Crippen molar-refractivity contribution in [3.05, 3.63) is 48.2 Å². The van der Waals surface area contributed by atoms with E-state index < -0.39 is 10.0 Å². The molecule has 2 aliphatic rings. The second-order valence-electron chi connectivity index (χ2n) is 7.40. The SMILES string of the molecule is N#Cc1ccc(-c2ccc(OC[C@H]3OCCC[C@@H]3NS(=O)(=O)C3CC3)cc2)nc1. The Kier molecular flexibility index (Phi) is 5.81. The van der Waals surface area contributed by atoms with Crippen LogP contribution in [-0.4, -0.2) is 44.0 Å². The molecule has 1 aliphatic heterocycles. The number of nitrogens with zero attached hydrogens (tertiary/aromatic N) is 2. The van der Waals surface area contributed by atoms with Crippen LogP contribution in [0.3, 0.4) is 0 Å². The molecule has 0 amide bonds. The third-order valence-corrected chi connectivity index (χ3v) is 7.16. The molecule has 8 heteroatoms. The zero-order chi connectivity index (χ0) is 20.3. The van der Waals surface area contributed by atoms with Gasteiger partial charge in [-0.2, -0.15) is 5.26 Å². The van der Waals surface area contributed by atoms with Gasteiger partial charge < -0.3 is 9.47 Å². The Bertz CT molecular complexity index is 980. The molecule has 0 radical (unpaired) electrons. The summed E-state index contributed by atoms with van der Waals surface area (Å²) in [5.41, 5.74) is 2.22. The van der Waals surface area contributed by atoms with Crippen molar-refractivity contribution in [1.82, 2.24) is 9.71 Å². The van der Waals surface area contributed by atoms with Crippen molar-refractivity contribution < 1.29 is 17.9 Å². The van der Waals surface area contributed by atoms with E-state index in [1.54, 1.807) is 18.3 Å². The lowest BCUT2D eigenvalue weighted by Crippen LogP contribution is -2.50. The van der Waals surface area contributed by atoms with E-state index in [1.807, 2.05) is 24.3 Å². The minimum atomic E-state index is -3.26. The molecule has 7 nitrogen and oxygen atoms in total. The van der Waals surface area contributed by atoms with E-state index in [-0.39, 0.29) is 24.0 Å². The average Bonchev–Trinajstić information content (AvgIpc) is 3.60. The van der Waals surface area contributed by atoms with Crippen LogP contribution in [0.1, 0.15) is 31.2 Å². The zero-order valence-corrected chi connectivity index (χ0v) is 16.8. The molecule has 1 aliphatic carbocycles. The van der Waals surface area contributed by atoms with Crippen LogP contribution in [0.5, 0.6) is 5.75 Å². The molecular formula is C21H23N3O4S. The van der Waals surface area contributed by atoms with Crippen LogP contribution in [0, 0.1) is 11.3 Å². The minimum Gasteiger partial charge on any atom is -0.491 e. The number of nitriles is 1. The molecule has 29 heavy (non-hydrogen) atoms. The first kappa shape index (κ1) is 19.8. The second-order valence-corrected chi connectivity index (χ2v) is 9.39. The normalized spacial score (nSPS) is 22.0. The Balaban J connectivity index is 1.36. The summed E-state index contributed by atoms with van der Waals surface area (Å²) in [6, 6.07) is 12.8. The predicted molar refractivity (Wildman–Crippen MR) is 108 cm³/mol. The van der Waals surface area contributed by atoms with Gasteiger partial charge in [0.2, 0.25) is 10.0 Å². The number of ether oxygens (including phenoxy) is 2. The maximum Gasteiger partial charge on any atom is 0.214 e. The molecule has 0 unspecified atom stereocenters. The van der Waals surface area contributed by atoms with Gasteiger partial charge in [0.25, 0.3) is 0 Å². The van der Waals surface area contributed by atoms with Gasteiger partial charge in [0, 0.05) is 18.4 Å². The molecule has 2 fully saturated rings. The summed E-state index contributed by atoms with van der Waals surface area (Å²) in [5.74, 6) is 0.681. The van der Waals surface area contributed by atoms with Gasteiger partial charge in [-0.15, -0.1) is 0 Å². The van der Waals surface area contributed by atoms with Gasteiger partial charge in [-0.3, -0.25) is 4.98 Å². The number of nitrogens with one attached hydrogen (secondary N) is 1. The average molecular weight is 413 g/mol. The number of hydrogen-bond acceptors (Lipinski definition) is 6. The smallest absolute Gasteiger partial charge is 0.214 e. The molecule has 0 spiro atoms. The molecule has 4 rings (SSSR count). The van der Waals surface area contributed by atoms with Crippen LogP contribution in [0.15, 0.2) is 42.6 Å². The van der Waals surface area contributed by atoms with E-state index in [4.69, 9.17) is 14.7 Å². The van der Waals surface area contributed by atoms with Crippen LogP contribution < -0.4 is 9.46 Å². The van der Waals surface area contributed by atoms with Crippen molar-refractivity contribution in [3.8, 4) is 23.1 Å². The Morgan fingerprint density at radius 3 is 2.62 bits per heavy atom. The van der Waals surface area contributed by atoms with Crippen LogP contribution in [0.2, 0.25) is 0 Å². The Morgan fingerprint density at radius 2 is 1.97 bits per heavy atom. The van der Waals surface area contributed by atoms with E-state index >= 15 is 0 Å². The number of benzene rings is 1. The molecule has 2 atom stereocenters. The number of rotatable bonds is 7. The Hall–Kier alpha value is -2.47. The highest BCUT2D eigenvalue weighted by Gasteiger charge is 2.39. The highest BCUT2D eigenvalue weighted by atomic mass is 32.2. The van der Waals surface area contributed by atoms with Crippen molar-refractivity contribution in [2.45, 2.75) is 43.1 Å². The molecule has 2 heterocycles. The van der Waals surface area contributed by atoms with Gasteiger partial charge >= 0.3 is 0 Å². The van der Waals surface area contributed by atoms with Gasteiger partial charge in [-0.05, 0) is 62.1 Å². The fourth-order valence-corrected chi connectivity index (χ4v) is 5.00. The highest BCUT2D eigenvalue weighted by molar-refractivity contribution is 7.90. The maximum atomic E-state index is 12.3. The Labute approximate surface area is 170 Å². The van der Waals surface area contributed by atoms with Crippen LogP contribution >= 0.6 is 0 Å². The first-order chi connectivity index (χ1) is 14.0. The van der Waals surface area contributed by atoms with Crippen LogP contribution in [0.25, 0.3) is 11.3 Å². The molecule has 1 aromatic carbocycles. The predicted octanol–water partition coefficient (Wildman–Crippen LogP) is 2.63. The van der Waals surface area contributed by atoms with Crippen molar-refractivity contribution in [2.75, 3.05) is 13.2 Å². The van der Waals surface area contributed by atoms with E-state index in [0.717, 1.165) is 36.9 Å². The quantitative estimate of drug-likeness (QED) is 0.749. The van der Waals surface area contributed by atoms with Gasteiger partial charge in [0.15, 0.2) is 0 Å². The standard InChI is InChI=1S/C21H23N3O4S/c22-12-15-3-10-19(23-13-15)16-4-6-17(7-5-16)28-14-21-20(2-1-11-27-21)24-29(25,26)18-8-9-18/h3-7,10,13,18,20-21,24H,1-2,8-9,11,14H2/t20-,21+/m0/s1. The molecule has 152 valence electrons. The van der Waals surface area contributed by atoms with Gasteiger partial charge in [0.1, 0.15) is 24.5 Å². The monoisotopic (exact) mass is 413 g/mol. The van der Waals surface area contributed by atoms with Gasteiger partial charge in [-0.1, -0.05) is 0 Å². The third-order valence-electron chi connectivity index (χ3n) is 5.18. The fraction of sp³-hybridized carbons (Fsp3) is 0.429. The summed E-state index contributed by atoms with van der Waals surface area (Å²) >= 11 is 0. The zero-order valence-electron chi connectivity index (χ0n) is 16.0. The molecule has 1 saturated heterocycles. The molecule has 1 saturated carbocycles. The lowest BCUT2D eigenvalue weighted by atomic mass is 10.0. The summed E-state index contributed by atoms with van der Waals surface area (Å²) in [6.07, 6.45) is 4.30. The van der Waals surface area contributed by atoms with Crippen molar-refractivity contribution in [2.24, 2.45) is 0 Å². The van der Waals surface area contributed by atoms with Crippen molar-refractivity contribution >= 4 is 10.0 Å². The lowest BCUT2D eigenvalue weighted by molar-refractivity contribution is -0.0279. The first-order valence-corrected chi connectivity index (χ1v) is 11.3. The van der Waals surface area contributed by atoms with E-state index in [1.165, 1.54) is 0 Å². The lowest BCUT2D eigenvalue weighted by Gasteiger charge is -2.32. The number of pyridine rings is 1. The number of hydrogen-bond donors (Lipinski definition) is 1. The molecule has 1 N–H and O–H groups in total. The van der Waals surface area contributed by atoms with Gasteiger partial charge in [0.05, 0.1) is 22.5 Å². The highest BCUT2D eigenvalue weighted by Crippen LogP contribution is 2.29. The summed E-state index contributed by atoms with van der Waals surface area (Å²) in [6.45, 7) is 0.894. The van der Waals surface area contributed by atoms with Crippen LogP contribution in [-0.2, 0) is 14.8 Å². The van der Waals surface area contributed by atoms with E-state index in [9.17, 15) is 8.42 Å². The minimum absolute atomic E-state index is 0.241. The van der Waals surface area contributed by atoms with Crippen molar-refractivity contribution in [1.29, 1.82) is 5.26 Å². The maximum absolute atomic E-state index is 12.3. The third kappa shape index (κ3) is 4.93. The topological polar surface area (TPSA) is 101 Å². The summed E-state index contributed by atoms with van der Waals surface area (Å²) in [5, 5.41) is 8.62. The number of aromatic nitrogens is 1. The fourth-order valence-electron chi connectivity index (χ4n) is 3.36.